The van der Waals surface area contributed by atoms with E-state index in [0.717, 1.165) is 25.7 Å². The zero-order chi connectivity index (χ0) is 20.1. The van der Waals surface area contributed by atoms with Gasteiger partial charge in [-0.25, -0.2) is 0 Å². The molecule has 28 heavy (non-hydrogen) atoms. The summed E-state index contributed by atoms with van der Waals surface area (Å²) in [5.41, 5.74) is 0. The van der Waals surface area contributed by atoms with Crippen LogP contribution < -0.4 is 10.6 Å². The molecule has 3 atom stereocenters. The van der Waals surface area contributed by atoms with E-state index in [9.17, 15) is 19.2 Å². The van der Waals surface area contributed by atoms with Crippen LogP contribution in [0, 0.1) is 39.9 Å². The number of nitrogens with one attached hydrogen (secondary N) is 2. The van der Waals surface area contributed by atoms with Crippen LogP contribution in [0.1, 0.15) is 51.9 Å². The van der Waals surface area contributed by atoms with Gasteiger partial charge in [0.1, 0.15) is 11.6 Å². The van der Waals surface area contributed by atoms with Crippen molar-refractivity contribution >= 4 is 47.3 Å². The predicted octanol–water partition coefficient (Wildman–Crippen LogP) is 1.91. The van der Waals surface area contributed by atoms with Crippen LogP contribution in [0.3, 0.4) is 0 Å². The summed E-state index contributed by atoms with van der Waals surface area (Å²) in [7, 11) is 1.74. The van der Waals surface area contributed by atoms with Crippen LogP contribution in [0.4, 0.5) is 0 Å². The number of hydrogen-bond acceptors (Lipinski definition) is 7. The molecule has 0 heterocycles. The zero-order valence-corrected chi connectivity index (χ0v) is 22.5. The molecule has 0 aliphatic heterocycles. The van der Waals surface area contributed by atoms with E-state index in [1.54, 1.807) is 43.8 Å². The first kappa shape index (κ1) is 28.5. The molecule has 0 aromatic heterocycles. The van der Waals surface area contributed by atoms with Crippen molar-refractivity contribution in [2.24, 2.45) is 0 Å². The number of carbonyl (C=O) groups is 3. The Balaban J connectivity index is 0.00000729. The van der Waals surface area contributed by atoms with Crippen molar-refractivity contribution < 1.29 is 59.1 Å². The summed E-state index contributed by atoms with van der Waals surface area (Å²) < 4.78 is 0. The quantitative estimate of drug-likeness (QED) is 0.196. The predicted molar refractivity (Wildman–Crippen MR) is 112 cm³/mol. The fourth-order valence-electron chi connectivity index (χ4n) is 2.79. The molecule has 0 spiro atoms. The van der Waals surface area contributed by atoms with E-state index in [0.29, 0.717) is 35.0 Å². The Hall–Kier alpha value is 0.465. The van der Waals surface area contributed by atoms with Gasteiger partial charge in [0.05, 0.1) is 17.5 Å². The van der Waals surface area contributed by atoms with Crippen molar-refractivity contribution in [1.82, 2.24) is 10.6 Å². The van der Waals surface area contributed by atoms with Crippen molar-refractivity contribution in [3.8, 4) is 0 Å². The maximum Gasteiger partial charge on any atom is 0.230 e. The van der Waals surface area contributed by atoms with E-state index in [-0.39, 0.29) is 76.3 Å². The minimum absolute atomic E-state index is 0. The van der Waals surface area contributed by atoms with E-state index >= 15 is 0 Å². The molecule has 0 saturated heterocycles. The van der Waals surface area contributed by atoms with Crippen LogP contribution in [0.15, 0.2) is 0 Å². The van der Waals surface area contributed by atoms with Crippen LogP contribution in [0.25, 0.3) is 0 Å². The summed E-state index contributed by atoms with van der Waals surface area (Å²) in [6.45, 7) is 2.22. The Morgan fingerprint density at radius 2 is 1.75 bits per heavy atom. The second-order valence-electron chi connectivity index (χ2n) is 6.78. The number of carbonyl (C=O) groups excluding carboxylic acids is 4. The Bertz CT molecular complexity index is 508. The number of ketones is 2. The fourth-order valence-corrected chi connectivity index (χ4v) is 5.49. The van der Waals surface area contributed by atoms with E-state index in [1.807, 2.05) is 0 Å². The van der Waals surface area contributed by atoms with Gasteiger partial charge in [-0.2, -0.15) is 0 Å². The molecular weight excluding hydrogens is 616 g/mol. The van der Waals surface area contributed by atoms with Gasteiger partial charge in [-0.15, -0.1) is 29.9 Å². The van der Waals surface area contributed by atoms with Crippen molar-refractivity contribution in [1.29, 1.82) is 0 Å². The monoisotopic (exact) mass is 647 g/mol. The maximum atomic E-state index is 11.9. The summed E-state index contributed by atoms with van der Waals surface area (Å²) >= 11 is 3.40. The fraction of sp³-hybridized carbons (Fsp3) is 0.789. The molecule has 1 rings (SSSR count). The molecule has 9 heteroatoms. The summed E-state index contributed by atoms with van der Waals surface area (Å²) in [6.07, 6.45) is 6.74. The number of hydrogen-bond donors (Lipinski definition) is 2. The van der Waals surface area contributed by atoms with Crippen LogP contribution in [0.5, 0.6) is 0 Å². The number of amides is 1. The molecule has 1 aliphatic carbocycles. The largest absolute Gasteiger partial charge is 0.542 e. The minimum Gasteiger partial charge on any atom is -0.542 e. The zero-order valence-electron chi connectivity index (χ0n) is 16.8. The first-order valence-electron chi connectivity index (χ1n) is 9.52. The third-order valence-corrected chi connectivity index (χ3v) is 7.69. The van der Waals surface area contributed by atoms with Gasteiger partial charge in [0.25, 0.3) is 0 Å². The number of Topliss-reactive ketones (excluding diaryl/α,β-unsaturated/α-hetero) is 2. The molecule has 158 valence electrons. The summed E-state index contributed by atoms with van der Waals surface area (Å²) in [6, 6.07) is -0.229. The van der Waals surface area contributed by atoms with E-state index in [4.69, 9.17) is 0 Å². The molecule has 1 fully saturated rings. The first-order valence-corrected chi connectivity index (χ1v) is 11.6. The van der Waals surface area contributed by atoms with Crippen molar-refractivity contribution in [2.75, 3.05) is 25.1 Å². The van der Waals surface area contributed by atoms with Gasteiger partial charge in [-0.3, -0.25) is 20.7 Å². The van der Waals surface area contributed by atoms with E-state index in [1.165, 1.54) is 0 Å². The topological polar surface area (TPSA) is 92.3 Å². The standard InChI is InChI=1S/C19H31N2O4S2.Th/c1-14(23)12-26-17-8-9-18(17)27-13-19(25)21-10-4-3-6-15(20-2)16(24)7-5-11-22;/h15,17-18,20H,3-10,12-13H2,1-2H3,(H,21,25);/q-1;/t15-,17?,18?;/m0./s1. The molecule has 1 amide bonds. The summed E-state index contributed by atoms with van der Waals surface area (Å²) in [5.74, 6) is 1.32. The van der Waals surface area contributed by atoms with Gasteiger partial charge in [0.15, 0.2) is 0 Å². The molecule has 2 unspecified atom stereocenters. The Labute approximate surface area is 208 Å². The second kappa shape index (κ2) is 17.2. The van der Waals surface area contributed by atoms with Gasteiger partial charge in [0.2, 0.25) is 5.91 Å². The van der Waals surface area contributed by atoms with Crippen molar-refractivity contribution in [3.63, 3.8) is 0 Å². The van der Waals surface area contributed by atoms with Gasteiger partial charge in [0, 0.05) is 57.0 Å². The third kappa shape index (κ3) is 12.2. The molecule has 6 nitrogen and oxygen atoms in total. The molecule has 0 radical (unpaired) electrons. The normalized spacial score (nSPS) is 19.1. The Morgan fingerprint density at radius 3 is 2.29 bits per heavy atom. The van der Waals surface area contributed by atoms with Gasteiger partial charge < -0.3 is 15.4 Å². The van der Waals surface area contributed by atoms with E-state index < -0.39 is 0 Å². The molecule has 0 bridgehead atoms. The molecular formula is C19H31N2O4S2Th-. The number of likely N-dealkylation sites (N-methyl/N-ethyl adjacent to an activating group) is 1. The van der Waals surface area contributed by atoms with E-state index in [2.05, 4.69) is 10.6 Å². The maximum absolute atomic E-state index is 11.9. The summed E-state index contributed by atoms with van der Waals surface area (Å²) in [5, 5.41) is 6.89. The van der Waals surface area contributed by atoms with Gasteiger partial charge >= 0.3 is 0 Å². The molecule has 0 aromatic rings. The van der Waals surface area contributed by atoms with Crippen LogP contribution >= 0.6 is 23.5 Å². The first-order chi connectivity index (χ1) is 13.0. The van der Waals surface area contributed by atoms with Crippen LogP contribution in [0.2, 0.25) is 0 Å². The molecule has 2 N–H and O–H groups in total. The minimum atomic E-state index is -0.229. The number of rotatable bonds is 16. The Morgan fingerprint density at radius 1 is 1.11 bits per heavy atom. The average Bonchev–Trinajstić information content (AvgIpc) is 2.61. The smallest absolute Gasteiger partial charge is 0.230 e. The second-order valence-corrected chi connectivity index (χ2v) is 9.23. The van der Waals surface area contributed by atoms with Crippen LogP contribution in [-0.2, 0) is 19.2 Å². The molecule has 1 saturated carbocycles. The number of unbranched alkanes of at least 4 members (excludes halogenated alkanes) is 1. The summed E-state index contributed by atoms with van der Waals surface area (Å²) in [4.78, 5) is 45.1. The van der Waals surface area contributed by atoms with Gasteiger partial charge in [-0.05, 0) is 52.5 Å². The third-order valence-electron chi connectivity index (χ3n) is 4.53. The number of thioether (sulfide) groups is 2. The molecule has 1 aliphatic rings. The SMILES string of the molecule is CN[C@@H](CCCCNC(=O)CSC1CCC1SCC(C)=O)C(=O)CC[C-]=O.[Th]. The molecule has 0 aromatic carbocycles. The van der Waals surface area contributed by atoms with Crippen LogP contribution in [-0.4, -0.2) is 65.4 Å². The van der Waals surface area contributed by atoms with Crippen molar-refractivity contribution in [2.45, 2.75) is 68.4 Å². The average molecular weight is 648 g/mol. The van der Waals surface area contributed by atoms with Crippen molar-refractivity contribution in [3.05, 3.63) is 0 Å². The Kier molecular flexibility index (Phi) is 17.5. The van der Waals surface area contributed by atoms with Gasteiger partial charge in [-0.1, -0.05) is 0 Å².